The van der Waals surface area contributed by atoms with Gasteiger partial charge in [-0.1, -0.05) is 6.07 Å². The normalized spacial score (nSPS) is 10.5. The molecule has 10 heteroatoms. The second kappa shape index (κ2) is 10.5. The smallest absolute Gasteiger partial charge is 0.363 e. The Morgan fingerprint density at radius 1 is 0.906 bits per heavy atom. The van der Waals surface area contributed by atoms with Gasteiger partial charge in [-0.3, -0.25) is 9.78 Å². The number of carbonyl (C=O) groups excluding carboxylic acids is 2. The Hall–Kier alpha value is -4.47. The molecule has 0 aliphatic heterocycles. The minimum absolute atomic E-state index is 0.199. The Kier molecular flexibility index (Phi) is 7.31. The monoisotopic (exact) mass is 436 g/mol. The number of anilines is 1. The number of pyridine rings is 1. The molecular formula is C22H20N4O6. The molecule has 3 rings (SSSR count). The van der Waals surface area contributed by atoms with Crippen LogP contribution in [0.1, 0.15) is 20.8 Å². The number of carbonyl (C=O) groups is 2. The summed E-state index contributed by atoms with van der Waals surface area (Å²) in [5.74, 6) is -0.186. The summed E-state index contributed by atoms with van der Waals surface area (Å²) in [6.07, 6.45) is 1.50. The predicted molar refractivity (Wildman–Crippen MR) is 115 cm³/mol. The molecule has 0 radical (unpaired) electrons. The van der Waals surface area contributed by atoms with Gasteiger partial charge < -0.3 is 19.0 Å². The number of amides is 1. The first-order valence-electron chi connectivity index (χ1n) is 9.30. The van der Waals surface area contributed by atoms with Crippen molar-refractivity contribution in [3.8, 4) is 17.2 Å². The lowest BCUT2D eigenvalue weighted by atomic mass is 10.2. The van der Waals surface area contributed by atoms with Crippen molar-refractivity contribution < 1.29 is 28.6 Å². The highest BCUT2D eigenvalue weighted by molar-refractivity contribution is 5.92. The van der Waals surface area contributed by atoms with E-state index in [0.29, 0.717) is 28.6 Å². The second-order valence-electron chi connectivity index (χ2n) is 6.17. The fraction of sp³-hybridized carbons (Fsp3) is 0.136. The number of nitrogens with zero attached hydrogens (tertiary/aromatic N) is 3. The van der Waals surface area contributed by atoms with Crippen LogP contribution in [0.4, 0.5) is 11.4 Å². The molecule has 1 aromatic heterocycles. The van der Waals surface area contributed by atoms with Crippen molar-refractivity contribution in [3.05, 3.63) is 72.1 Å². The molecule has 0 saturated heterocycles. The fourth-order valence-corrected chi connectivity index (χ4v) is 2.60. The Balaban J connectivity index is 1.62. The number of aromatic nitrogens is 1. The molecule has 0 saturated carbocycles. The van der Waals surface area contributed by atoms with Crippen LogP contribution in [0.15, 0.2) is 71.0 Å². The number of rotatable bonds is 8. The molecule has 0 bridgehead atoms. The first-order chi connectivity index (χ1) is 15.5. The maximum atomic E-state index is 12.4. The van der Waals surface area contributed by atoms with Crippen LogP contribution in [-0.4, -0.2) is 38.2 Å². The molecule has 0 spiro atoms. The molecule has 32 heavy (non-hydrogen) atoms. The first-order valence-corrected chi connectivity index (χ1v) is 9.30. The van der Waals surface area contributed by atoms with Crippen molar-refractivity contribution in [2.24, 2.45) is 10.2 Å². The molecule has 1 amide bonds. The Bertz CT molecular complexity index is 1090. The third-order valence-electron chi connectivity index (χ3n) is 4.17. The second-order valence-corrected chi connectivity index (χ2v) is 6.17. The average molecular weight is 436 g/mol. The summed E-state index contributed by atoms with van der Waals surface area (Å²) in [5.41, 5.74) is 3.88. The van der Waals surface area contributed by atoms with Gasteiger partial charge in [0.1, 0.15) is 5.69 Å². The van der Waals surface area contributed by atoms with Crippen molar-refractivity contribution >= 4 is 23.3 Å². The lowest BCUT2D eigenvalue weighted by molar-refractivity contribution is 0.0595. The summed E-state index contributed by atoms with van der Waals surface area (Å²) in [7, 11) is 4.37. The summed E-state index contributed by atoms with van der Waals surface area (Å²) >= 11 is 0. The highest BCUT2D eigenvalue weighted by Crippen LogP contribution is 2.38. The van der Waals surface area contributed by atoms with E-state index in [0.717, 1.165) is 0 Å². The number of methoxy groups -OCH3 is 3. The van der Waals surface area contributed by atoms with Crippen LogP contribution >= 0.6 is 0 Å². The molecule has 0 unspecified atom stereocenters. The zero-order valence-corrected chi connectivity index (χ0v) is 17.6. The van der Waals surface area contributed by atoms with Crippen LogP contribution in [-0.2, 0) is 4.84 Å². The minimum Gasteiger partial charge on any atom is -0.493 e. The molecule has 2 aromatic carbocycles. The highest BCUT2D eigenvalue weighted by atomic mass is 16.7. The molecule has 1 N–H and O–H groups in total. The van der Waals surface area contributed by atoms with Crippen LogP contribution < -0.4 is 19.7 Å². The SMILES string of the molecule is COc1cc(C(=O)ONc2ccc(N=NC(=O)c3ccccn3)cc2)cc(OC)c1OC. The van der Waals surface area contributed by atoms with Crippen LogP contribution in [0, 0.1) is 0 Å². The molecule has 10 nitrogen and oxygen atoms in total. The standard InChI is InChI=1S/C22H20N4O6/c1-29-18-12-14(13-19(30-2)20(18)31-3)22(28)32-26-16-9-7-15(8-10-16)24-25-21(27)17-6-4-5-11-23-17/h4-13,26H,1-3H3. The molecule has 0 fully saturated rings. The van der Waals surface area contributed by atoms with Crippen LogP contribution in [0.5, 0.6) is 17.2 Å². The maximum Gasteiger partial charge on any atom is 0.363 e. The van der Waals surface area contributed by atoms with E-state index >= 15 is 0 Å². The van der Waals surface area contributed by atoms with Gasteiger partial charge in [0.2, 0.25) is 5.75 Å². The molecule has 0 aliphatic carbocycles. The molecule has 3 aromatic rings. The van der Waals surface area contributed by atoms with Gasteiger partial charge in [-0.15, -0.1) is 10.2 Å². The quantitative estimate of drug-likeness (QED) is 0.412. The van der Waals surface area contributed by atoms with Crippen molar-refractivity contribution in [2.75, 3.05) is 26.8 Å². The molecular weight excluding hydrogens is 416 g/mol. The Morgan fingerprint density at radius 3 is 2.16 bits per heavy atom. The Labute approximate surface area is 183 Å². The lowest BCUT2D eigenvalue weighted by Gasteiger charge is -2.14. The summed E-state index contributed by atoms with van der Waals surface area (Å²) in [5, 5.41) is 7.52. The maximum absolute atomic E-state index is 12.4. The van der Waals surface area contributed by atoms with Crippen molar-refractivity contribution in [1.82, 2.24) is 4.98 Å². The summed E-state index contributed by atoms with van der Waals surface area (Å²) in [6, 6.07) is 14.3. The number of hydrogen-bond donors (Lipinski definition) is 1. The van der Waals surface area contributed by atoms with Crippen LogP contribution in [0.2, 0.25) is 0 Å². The van der Waals surface area contributed by atoms with Gasteiger partial charge in [-0.05, 0) is 48.5 Å². The molecule has 0 aliphatic rings. The largest absolute Gasteiger partial charge is 0.493 e. The van der Waals surface area contributed by atoms with Gasteiger partial charge in [-0.25, -0.2) is 10.3 Å². The number of azo groups is 1. The van der Waals surface area contributed by atoms with Gasteiger partial charge in [0.25, 0.3) is 0 Å². The van der Waals surface area contributed by atoms with E-state index in [1.165, 1.54) is 39.7 Å². The third kappa shape index (κ3) is 5.36. The van der Waals surface area contributed by atoms with Gasteiger partial charge in [0.05, 0.1) is 38.3 Å². The van der Waals surface area contributed by atoms with Crippen molar-refractivity contribution in [1.29, 1.82) is 0 Å². The van der Waals surface area contributed by atoms with Gasteiger partial charge in [-0.2, -0.15) is 0 Å². The van der Waals surface area contributed by atoms with Crippen LogP contribution in [0.25, 0.3) is 0 Å². The third-order valence-corrected chi connectivity index (χ3v) is 4.17. The minimum atomic E-state index is -0.658. The van der Waals surface area contributed by atoms with Gasteiger partial charge in [0.15, 0.2) is 11.5 Å². The zero-order chi connectivity index (χ0) is 22.9. The van der Waals surface area contributed by atoms with E-state index in [-0.39, 0.29) is 11.3 Å². The van der Waals surface area contributed by atoms with E-state index in [1.54, 1.807) is 42.5 Å². The summed E-state index contributed by atoms with van der Waals surface area (Å²) in [6.45, 7) is 0. The van der Waals surface area contributed by atoms with E-state index in [1.807, 2.05) is 0 Å². The number of hydrogen-bond acceptors (Lipinski definition) is 9. The predicted octanol–water partition coefficient (Wildman–Crippen LogP) is 4.22. The number of ether oxygens (including phenoxy) is 3. The van der Waals surface area contributed by atoms with E-state index < -0.39 is 11.9 Å². The highest BCUT2D eigenvalue weighted by Gasteiger charge is 2.18. The topological polar surface area (TPSA) is 121 Å². The van der Waals surface area contributed by atoms with E-state index in [9.17, 15) is 9.59 Å². The van der Waals surface area contributed by atoms with Crippen molar-refractivity contribution in [2.45, 2.75) is 0 Å². The summed E-state index contributed by atoms with van der Waals surface area (Å²) in [4.78, 5) is 33.4. The molecule has 164 valence electrons. The van der Waals surface area contributed by atoms with Gasteiger partial charge >= 0.3 is 11.9 Å². The van der Waals surface area contributed by atoms with Crippen molar-refractivity contribution in [3.63, 3.8) is 0 Å². The summed E-state index contributed by atoms with van der Waals surface area (Å²) < 4.78 is 15.7. The first kappa shape index (κ1) is 22.2. The van der Waals surface area contributed by atoms with Gasteiger partial charge in [0, 0.05) is 6.20 Å². The Morgan fingerprint density at radius 2 is 1.59 bits per heavy atom. The number of benzene rings is 2. The van der Waals surface area contributed by atoms with Crippen LogP contribution in [0.3, 0.4) is 0 Å². The average Bonchev–Trinajstić information content (AvgIpc) is 2.85. The zero-order valence-electron chi connectivity index (χ0n) is 17.6. The molecule has 1 heterocycles. The fourth-order valence-electron chi connectivity index (χ4n) is 2.60. The lowest BCUT2D eigenvalue weighted by Crippen LogP contribution is -2.11. The molecule has 0 atom stereocenters. The van der Waals surface area contributed by atoms with E-state index in [2.05, 4.69) is 20.7 Å². The van der Waals surface area contributed by atoms with E-state index in [4.69, 9.17) is 19.0 Å². The number of nitrogens with one attached hydrogen (secondary N) is 1.